The van der Waals surface area contributed by atoms with E-state index in [4.69, 9.17) is 4.74 Å². The Morgan fingerprint density at radius 2 is 2.04 bits per heavy atom. The normalized spacial score (nSPS) is 33.6. The first-order valence-electron chi connectivity index (χ1n) is 9.39. The summed E-state index contributed by atoms with van der Waals surface area (Å²) in [6, 6.07) is 9.77. The fraction of sp³-hybridized carbons (Fsp3) is 0.650. The van der Waals surface area contributed by atoms with Gasteiger partial charge in [-0.2, -0.15) is 0 Å². The molecule has 0 bridgehead atoms. The molecule has 2 aliphatic rings. The van der Waals surface area contributed by atoms with Crippen LogP contribution in [0.3, 0.4) is 0 Å². The van der Waals surface area contributed by atoms with Gasteiger partial charge in [0.15, 0.2) is 0 Å². The third-order valence-electron chi connectivity index (χ3n) is 5.76. The molecule has 138 valence electrons. The van der Waals surface area contributed by atoms with Gasteiger partial charge in [-0.1, -0.05) is 18.2 Å². The first-order valence-corrected chi connectivity index (χ1v) is 9.39. The van der Waals surface area contributed by atoms with Gasteiger partial charge in [-0.15, -0.1) is 0 Å². The minimum atomic E-state index is -0.527. The lowest BCUT2D eigenvalue weighted by atomic mass is 9.78. The number of para-hydroxylation sites is 1. The molecule has 2 fully saturated rings. The number of rotatable bonds is 4. The van der Waals surface area contributed by atoms with Crippen molar-refractivity contribution >= 4 is 5.91 Å². The van der Waals surface area contributed by atoms with Crippen LogP contribution < -0.4 is 10.1 Å². The SMILES string of the molecule is CNC(=O)[C@]1(C)CCCN([C@H]2CCC[C@@H](Oc3ccccc3)[C@@H]2O)C1. The molecule has 0 aromatic heterocycles. The zero-order valence-electron chi connectivity index (χ0n) is 15.3. The molecule has 1 heterocycles. The highest BCUT2D eigenvalue weighted by molar-refractivity contribution is 5.82. The molecule has 1 saturated carbocycles. The Hall–Kier alpha value is -1.59. The van der Waals surface area contributed by atoms with Crippen LogP contribution in [0.5, 0.6) is 5.75 Å². The number of amides is 1. The number of benzene rings is 1. The molecule has 0 spiro atoms. The molecule has 1 aliphatic carbocycles. The predicted molar refractivity (Wildman–Crippen MR) is 97.5 cm³/mol. The van der Waals surface area contributed by atoms with Crippen LogP contribution in [0.25, 0.3) is 0 Å². The predicted octanol–water partition coefficient (Wildman–Crippen LogP) is 2.20. The van der Waals surface area contributed by atoms with Crippen LogP contribution in [0.2, 0.25) is 0 Å². The minimum absolute atomic E-state index is 0.0618. The maximum Gasteiger partial charge on any atom is 0.226 e. The van der Waals surface area contributed by atoms with Crippen LogP contribution in [0.1, 0.15) is 39.0 Å². The van der Waals surface area contributed by atoms with Crippen molar-refractivity contribution in [3.8, 4) is 5.75 Å². The number of aliphatic hydroxyl groups is 1. The van der Waals surface area contributed by atoms with E-state index in [-0.39, 0.29) is 23.5 Å². The summed E-state index contributed by atoms with van der Waals surface area (Å²) in [4.78, 5) is 14.6. The standard InChI is InChI=1S/C20H30N2O3/c1-20(19(24)21-2)12-7-13-22(14-20)16-10-6-11-17(18(16)23)25-15-8-4-3-5-9-15/h3-5,8-9,16-18,23H,6-7,10-14H2,1-2H3,(H,21,24)/t16-,17+,18+,20+/m0/s1. The fourth-order valence-electron chi connectivity index (χ4n) is 4.37. The molecule has 1 aromatic carbocycles. The lowest BCUT2D eigenvalue weighted by molar-refractivity contribution is -0.135. The van der Waals surface area contributed by atoms with Gasteiger partial charge in [0, 0.05) is 19.6 Å². The van der Waals surface area contributed by atoms with Crippen LogP contribution in [0.15, 0.2) is 30.3 Å². The van der Waals surface area contributed by atoms with Crippen LogP contribution in [0, 0.1) is 5.41 Å². The lowest BCUT2D eigenvalue weighted by Crippen LogP contribution is -2.58. The van der Waals surface area contributed by atoms with E-state index in [1.54, 1.807) is 7.05 Å². The van der Waals surface area contributed by atoms with E-state index < -0.39 is 6.10 Å². The second-order valence-corrected chi connectivity index (χ2v) is 7.67. The Kier molecular flexibility index (Phi) is 5.64. The molecule has 4 atom stereocenters. The maximum absolute atomic E-state index is 12.3. The molecule has 0 unspecified atom stereocenters. The van der Waals surface area contributed by atoms with Gasteiger partial charge in [0.2, 0.25) is 5.91 Å². The number of nitrogens with one attached hydrogen (secondary N) is 1. The summed E-state index contributed by atoms with van der Waals surface area (Å²) in [5, 5.41) is 13.7. The number of carbonyl (C=O) groups is 1. The van der Waals surface area contributed by atoms with E-state index >= 15 is 0 Å². The molecular weight excluding hydrogens is 316 g/mol. The monoisotopic (exact) mass is 346 g/mol. The van der Waals surface area contributed by atoms with E-state index in [0.717, 1.165) is 44.4 Å². The molecule has 0 radical (unpaired) electrons. The molecule has 5 nitrogen and oxygen atoms in total. The Morgan fingerprint density at radius 1 is 1.28 bits per heavy atom. The summed E-state index contributed by atoms with van der Waals surface area (Å²) in [5.41, 5.74) is -0.375. The van der Waals surface area contributed by atoms with Crippen molar-refractivity contribution in [3.05, 3.63) is 30.3 Å². The minimum Gasteiger partial charge on any atom is -0.488 e. The third kappa shape index (κ3) is 3.98. The zero-order valence-corrected chi connectivity index (χ0v) is 15.3. The first-order chi connectivity index (χ1) is 12.0. The van der Waals surface area contributed by atoms with Gasteiger partial charge in [0.25, 0.3) is 0 Å². The van der Waals surface area contributed by atoms with E-state index in [2.05, 4.69) is 10.2 Å². The average molecular weight is 346 g/mol. The van der Waals surface area contributed by atoms with Gasteiger partial charge in [0.1, 0.15) is 18.0 Å². The fourth-order valence-corrected chi connectivity index (χ4v) is 4.37. The van der Waals surface area contributed by atoms with Gasteiger partial charge in [0.05, 0.1) is 5.41 Å². The Bertz CT molecular complexity index is 580. The molecule has 1 amide bonds. The zero-order chi connectivity index (χ0) is 17.9. The quantitative estimate of drug-likeness (QED) is 0.877. The van der Waals surface area contributed by atoms with Gasteiger partial charge in [-0.05, 0) is 57.7 Å². The average Bonchev–Trinajstić information content (AvgIpc) is 2.63. The number of aliphatic hydroxyl groups excluding tert-OH is 1. The Balaban J connectivity index is 1.68. The van der Waals surface area contributed by atoms with E-state index in [9.17, 15) is 9.90 Å². The largest absolute Gasteiger partial charge is 0.488 e. The van der Waals surface area contributed by atoms with Crippen molar-refractivity contribution in [2.75, 3.05) is 20.1 Å². The van der Waals surface area contributed by atoms with Crippen molar-refractivity contribution in [2.24, 2.45) is 5.41 Å². The number of carbonyl (C=O) groups excluding carboxylic acids is 1. The highest BCUT2D eigenvalue weighted by Crippen LogP contribution is 2.35. The second-order valence-electron chi connectivity index (χ2n) is 7.67. The van der Waals surface area contributed by atoms with E-state index in [0.29, 0.717) is 6.54 Å². The van der Waals surface area contributed by atoms with Crippen molar-refractivity contribution in [1.29, 1.82) is 0 Å². The first kappa shape index (κ1) is 18.2. The molecule has 1 aliphatic heterocycles. The van der Waals surface area contributed by atoms with Gasteiger partial charge < -0.3 is 15.2 Å². The van der Waals surface area contributed by atoms with Gasteiger partial charge >= 0.3 is 0 Å². The molecule has 5 heteroatoms. The number of likely N-dealkylation sites (tertiary alicyclic amines) is 1. The highest BCUT2D eigenvalue weighted by Gasteiger charge is 2.43. The summed E-state index contributed by atoms with van der Waals surface area (Å²) < 4.78 is 6.05. The number of nitrogens with zero attached hydrogens (tertiary/aromatic N) is 1. The Morgan fingerprint density at radius 3 is 2.76 bits per heavy atom. The summed E-state index contributed by atoms with van der Waals surface area (Å²) >= 11 is 0. The highest BCUT2D eigenvalue weighted by atomic mass is 16.5. The molecule has 1 aromatic rings. The summed E-state index contributed by atoms with van der Waals surface area (Å²) in [5.74, 6) is 0.903. The number of ether oxygens (including phenoxy) is 1. The van der Waals surface area contributed by atoms with Gasteiger partial charge in [-0.3, -0.25) is 9.69 Å². The number of piperidine rings is 1. The van der Waals surface area contributed by atoms with E-state index in [1.807, 2.05) is 37.3 Å². The lowest BCUT2D eigenvalue weighted by Gasteiger charge is -2.47. The molecule has 3 rings (SSSR count). The van der Waals surface area contributed by atoms with Crippen molar-refractivity contribution in [3.63, 3.8) is 0 Å². The van der Waals surface area contributed by atoms with Crippen molar-refractivity contribution in [1.82, 2.24) is 10.2 Å². The second kappa shape index (κ2) is 7.75. The van der Waals surface area contributed by atoms with Crippen LogP contribution >= 0.6 is 0 Å². The third-order valence-corrected chi connectivity index (χ3v) is 5.76. The molecule has 1 saturated heterocycles. The van der Waals surface area contributed by atoms with Gasteiger partial charge in [-0.25, -0.2) is 0 Å². The number of hydrogen-bond acceptors (Lipinski definition) is 4. The topological polar surface area (TPSA) is 61.8 Å². The summed E-state index contributed by atoms with van der Waals surface area (Å²) in [7, 11) is 1.70. The van der Waals surface area contributed by atoms with Crippen molar-refractivity contribution < 1.29 is 14.6 Å². The molecule has 2 N–H and O–H groups in total. The number of hydrogen-bond donors (Lipinski definition) is 2. The Labute approximate surface area is 150 Å². The summed E-state index contributed by atoms with van der Waals surface area (Å²) in [6.45, 7) is 3.67. The van der Waals surface area contributed by atoms with Crippen LogP contribution in [0.4, 0.5) is 0 Å². The molecular formula is C20H30N2O3. The van der Waals surface area contributed by atoms with E-state index in [1.165, 1.54) is 0 Å². The maximum atomic E-state index is 12.3. The van der Waals surface area contributed by atoms with Crippen LogP contribution in [-0.2, 0) is 4.79 Å². The van der Waals surface area contributed by atoms with Crippen molar-refractivity contribution in [2.45, 2.75) is 57.3 Å². The van der Waals surface area contributed by atoms with Crippen LogP contribution in [-0.4, -0.2) is 54.3 Å². The summed E-state index contributed by atoms with van der Waals surface area (Å²) in [6.07, 6.45) is 4.03. The smallest absolute Gasteiger partial charge is 0.226 e. The molecule has 25 heavy (non-hydrogen) atoms.